The zero-order valence-corrected chi connectivity index (χ0v) is 13.8. The highest BCUT2D eigenvalue weighted by Crippen LogP contribution is 2.33. The maximum Gasteiger partial charge on any atom is 0.303 e. The fourth-order valence-electron chi connectivity index (χ4n) is 3.31. The van der Waals surface area contributed by atoms with Gasteiger partial charge < -0.3 is 14.7 Å². The first-order valence-corrected chi connectivity index (χ1v) is 8.30. The van der Waals surface area contributed by atoms with Gasteiger partial charge in [-0.3, -0.25) is 4.79 Å². The van der Waals surface area contributed by atoms with E-state index in [1.807, 2.05) is 0 Å². The molecule has 2 heterocycles. The molecule has 1 aliphatic rings. The number of nitrogens with zero attached hydrogens (tertiary/aromatic N) is 3. The van der Waals surface area contributed by atoms with Crippen molar-refractivity contribution in [3.05, 3.63) is 42.0 Å². The largest absolute Gasteiger partial charge is 0.494 e. The molecule has 1 saturated heterocycles. The van der Waals surface area contributed by atoms with Crippen LogP contribution in [0.15, 0.2) is 30.5 Å². The second-order valence-corrected chi connectivity index (χ2v) is 6.27. The van der Waals surface area contributed by atoms with Crippen LogP contribution >= 0.6 is 0 Å². The third kappa shape index (κ3) is 4.76. The van der Waals surface area contributed by atoms with Crippen LogP contribution in [-0.2, 0) is 4.79 Å². The Labute approximate surface area is 144 Å². The van der Waals surface area contributed by atoms with Crippen LogP contribution in [0.2, 0.25) is 0 Å². The fourth-order valence-corrected chi connectivity index (χ4v) is 3.31. The maximum absolute atomic E-state index is 12.8. The molecular formula is C17H21FN4O3. The fraction of sp³-hybridized carbons (Fsp3) is 0.471. The standard InChI is InChI=1S/C17H21FN4O3/c18-13-2-4-14(5-3-13)25-7-1-6-22-10-12(8-17(23)24)15(11-22)16-9-19-21-20-16/h2-5,9,12,15H,1,6-8,10-11H2,(H,23,24)(H,19,20,21)/t12-,15+/m0/s1. The molecule has 0 spiro atoms. The number of hydrogen-bond acceptors (Lipinski definition) is 5. The highest BCUT2D eigenvalue weighted by molar-refractivity contribution is 5.67. The monoisotopic (exact) mass is 348 g/mol. The minimum Gasteiger partial charge on any atom is -0.494 e. The Morgan fingerprint density at radius 3 is 2.84 bits per heavy atom. The molecule has 2 atom stereocenters. The van der Waals surface area contributed by atoms with Crippen LogP contribution in [0, 0.1) is 11.7 Å². The second kappa shape index (κ2) is 8.06. The number of likely N-dealkylation sites (tertiary alicyclic amines) is 1. The summed E-state index contributed by atoms with van der Waals surface area (Å²) in [6.07, 6.45) is 2.60. The average molecular weight is 348 g/mol. The molecule has 0 saturated carbocycles. The second-order valence-electron chi connectivity index (χ2n) is 6.27. The van der Waals surface area contributed by atoms with E-state index in [0.717, 1.165) is 31.7 Å². The van der Waals surface area contributed by atoms with Crippen molar-refractivity contribution in [2.75, 3.05) is 26.2 Å². The van der Waals surface area contributed by atoms with Gasteiger partial charge in [-0.05, 0) is 36.6 Å². The molecule has 25 heavy (non-hydrogen) atoms. The first-order chi connectivity index (χ1) is 12.1. The minimum absolute atomic E-state index is 0.0283. The minimum atomic E-state index is -0.792. The topological polar surface area (TPSA) is 91.3 Å². The van der Waals surface area contributed by atoms with Gasteiger partial charge in [0.05, 0.1) is 24.9 Å². The van der Waals surface area contributed by atoms with Gasteiger partial charge in [-0.15, -0.1) is 0 Å². The molecule has 134 valence electrons. The highest BCUT2D eigenvalue weighted by Gasteiger charge is 2.36. The van der Waals surface area contributed by atoms with Gasteiger partial charge in [0.25, 0.3) is 0 Å². The summed E-state index contributed by atoms with van der Waals surface area (Å²) in [4.78, 5) is 13.3. The van der Waals surface area contributed by atoms with Gasteiger partial charge >= 0.3 is 5.97 Å². The summed E-state index contributed by atoms with van der Waals surface area (Å²) in [5.74, 6) is -0.326. The van der Waals surface area contributed by atoms with Gasteiger partial charge in [0.15, 0.2) is 0 Å². The number of H-pyrrole nitrogens is 1. The van der Waals surface area contributed by atoms with Crippen LogP contribution in [0.5, 0.6) is 5.75 Å². The van der Waals surface area contributed by atoms with E-state index in [1.165, 1.54) is 12.1 Å². The normalized spacial score (nSPS) is 20.7. The zero-order valence-electron chi connectivity index (χ0n) is 13.8. The maximum atomic E-state index is 12.8. The number of carboxylic acid groups (broad SMARTS) is 1. The number of carboxylic acids is 1. The Morgan fingerprint density at radius 2 is 2.16 bits per heavy atom. The molecule has 2 aromatic rings. The molecule has 1 aromatic carbocycles. The number of aromatic nitrogens is 3. The number of aliphatic carboxylic acids is 1. The van der Waals surface area contributed by atoms with Gasteiger partial charge in [-0.1, -0.05) is 0 Å². The van der Waals surface area contributed by atoms with E-state index in [-0.39, 0.29) is 24.1 Å². The van der Waals surface area contributed by atoms with Gasteiger partial charge in [-0.25, -0.2) is 4.39 Å². The first-order valence-electron chi connectivity index (χ1n) is 8.30. The van der Waals surface area contributed by atoms with Crippen LogP contribution in [-0.4, -0.2) is 57.6 Å². The Bertz CT molecular complexity index is 678. The predicted octanol–water partition coefficient (Wildman–Crippen LogP) is 1.90. The van der Waals surface area contributed by atoms with Gasteiger partial charge in [0.2, 0.25) is 0 Å². The van der Waals surface area contributed by atoms with E-state index in [1.54, 1.807) is 18.3 Å². The Balaban J connectivity index is 1.47. The molecule has 8 heteroatoms. The summed E-state index contributed by atoms with van der Waals surface area (Å²) >= 11 is 0. The molecule has 3 rings (SSSR count). The number of nitrogens with one attached hydrogen (secondary N) is 1. The third-order valence-electron chi connectivity index (χ3n) is 4.47. The van der Waals surface area contributed by atoms with Crippen LogP contribution < -0.4 is 4.74 Å². The summed E-state index contributed by atoms with van der Waals surface area (Å²) in [5, 5.41) is 19.7. The van der Waals surface area contributed by atoms with Crippen molar-refractivity contribution in [1.29, 1.82) is 0 Å². The molecule has 0 bridgehead atoms. The number of benzene rings is 1. The molecule has 0 amide bonds. The lowest BCUT2D eigenvalue weighted by Gasteiger charge is -2.15. The Morgan fingerprint density at radius 1 is 1.36 bits per heavy atom. The number of rotatable bonds is 8. The number of halogens is 1. The van der Waals surface area contributed by atoms with E-state index >= 15 is 0 Å². The van der Waals surface area contributed by atoms with Gasteiger partial charge in [0.1, 0.15) is 11.6 Å². The quantitative estimate of drug-likeness (QED) is 0.708. The third-order valence-corrected chi connectivity index (χ3v) is 4.47. The lowest BCUT2D eigenvalue weighted by Crippen LogP contribution is -2.24. The summed E-state index contributed by atoms with van der Waals surface area (Å²) in [6.45, 7) is 2.83. The first kappa shape index (κ1) is 17.3. The Kier molecular flexibility index (Phi) is 5.60. The van der Waals surface area contributed by atoms with Crippen molar-refractivity contribution in [2.45, 2.75) is 18.8 Å². The molecular weight excluding hydrogens is 327 g/mol. The van der Waals surface area contributed by atoms with E-state index < -0.39 is 5.97 Å². The summed E-state index contributed by atoms with van der Waals surface area (Å²) in [6, 6.07) is 5.95. The highest BCUT2D eigenvalue weighted by atomic mass is 19.1. The van der Waals surface area contributed by atoms with Crippen molar-refractivity contribution in [1.82, 2.24) is 20.3 Å². The molecule has 0 aliphatic carbocycles. The van der Waals surface area contributed by atoms with E-state index in [9.17, 15) is 9.18 Å². The Hall–Kier alpha value is -2.48. The number of aromatic amines is 1. The molecule has 7 nitrogen and oxygen atoms in total. The number of ether oxygens (including phenoxy) is 1. The van der Waals surface area contributed by atoms with Crippen LogP contribution in [0.3, 0.4) is 0 Å². The van der Waals surface area contributed by atoms with Crippen LogP contribution in [0.4, 0.5) is 4.39 Å². The van der Waals surface area contributed by atoms with E-state index in [0.29, 0.717) is 12.4 Å². The lowest BCUT2D eigenvalue weighted by atomic mass is 9.91. The van der Waals surface area contributed by atoms with Crippen molar-refractivity contribution < 1.29 is 19.0 Å². The number of hydrogen-bond donors (Lipinski definition) is 2. The summed E-state index contributed by atoms with van der Waals surface area (Å²) < 4.78 is 18.4. The van der Waals surface area contributed by atoms with Crippen molar-refractivity contribution in [3.8, 4) is 5.75 Å². The predicted molar refractivity (Wildman–Crippen MR) is 87.8 cm³/mol. The van der Waals surface area contributed by atoms with E-state index in [2.05, 4.69) is 20.3 Å². The average Bonchev–Trinajstić information content (AvgIpc) is 3.22. The molecule has 0 unspecified atom stereocenters. The molecule has 0 radical (unpaired) electrons. The zero-order chi connectivity index (χ0) is 17.6. The summed E-state index contributed by atoms with van der Waals surface area (Å²) in [7, 11) is 0. The van der Waals surface area contributed by atoms with Gasteiger partial charge in [0, 0.05) is 25.6 Å². The SMILES string of the molecule is O=C(O)C[C@H]1CN(CCCOc2ccc(F)cc2)C[C@H]1c1cn[nH]n1. The molecule has 2 N–H and O–H groups in total. The smallest absolute Gasteiger partial charge is 0.303 e. The lowest BCUT2D eigenvalue weighted by molar-refractivity contribution is -0.138. The van der Waals surface area contributed by atoms with E-state index in [4.69, 9.17) is 9.84 Å². The molecule has 1 fully saturated rings. The number of carbonyl (C=O) groups is 1. The van der Waals surface area contributed by atoms with Crippen molar-refractivity contribution >= 4 is 5.97 Å². The molecule has 1 aliphatic heterocycles. The van der Waals surface area contributed by atoms with Crippen molar-refractivity contribution in [2.24, 2.45) is 5.92 Å². The van der Waals surface area contributed by atoms with Gasteiger partial charge in [-0.2, -0.15) is 15.4 Å². The summed E-state index contributed by atoms with van der Waals surface area (Å²) in [5.41, 5.74) is 0.816. The molecule has 1 aromatic heterocycles. The van der Waals surface area contributed by atoms with Crippen LogP contribution in [0.25, 0.3) is 0 Å². The van der Waals surface area contributed by atoms with Crippen molar-refractivity contribution in [3.63, 3.8) is 0 Å². The van der Waals surface area contributed by atoms with Crippen LogP contribution in [0.1, 0.15) is 24.5 Å².